The van der Waals surface area contributed by atoms with Gasteiger partial charge >= 0.3 is 0 Å². The van der Waals surface area contributed by atoms with Crippen molar-refractivity contribution in [1.82, 2.24) is 10.3 Å². The highest BCUT2D eigenvalue weighted by atomic mass is 32.1. The van der Waals surface area contributed by atoms with E-state index in [1.807, 2.05) is 7.05 Å². The molecule has 0 atom stereocenters. The average molecular weight is 213 g/mol. The molecule has 0 radical (unpaired) electrons. The first-order chi connectivity index (χ1) is 6.76. The predicted molar refractivity (Wildman–Crippen MR) is 58.7 cm³/mol. The molecule has 5 heteroatoms. The predicted octanol–water partition coefficient (Wildman–Crippen LogP) is 1.25. The molecule has 4 nitrogen and oxygen atoms in total. The van der Waals surface area contributed by atoms with Crippen LogP contribution in [0, 0.1) is 0 Å². The third-order valence-corrected chi connectivity index (χ3v) is 2.81. The lowest BCUT2D eigenvalue weighted by Gasteiger charge is -1.99. The van der Waals surface area contributed by atoms with Crippen molar-refractivity contribution in [3.63, 3.8) is 0 Å². The SMILES string of the molecule is CCc1cnc(NC(=O)CCNC)s1. The highest BCUT2D eigenvalue weighted by Gasteiger charge is 2.04. The van der Waals surface area contributed by atoms with Crippen molar-refractivity contribution in [3.8, 4) is 0 Å². The van der Waals surface area contributed by atoms with E-state index in [9.17, 15) is 4.79 Å². The van der Waals surface area contributed by atoms with Gasteiger partial charge < -0.3 is 10.6 Å². The van der Waals surface area contributed by atoms with Crippen molar-refractivity contribution in [2.24, 2.45) is 0 Å². The van der Waals surface area contributed by atoms with E-state index in [1.54, 1.807) is 6.20 Å². The molecule has 0 aliphatic carbocycles. The molecule has 1 aromatic heterocycles. The Labute approximate surface area is 87.7 Å². The second kappa shape index (κ2) is 5.72. The van der Waals surface area contributed by atoms with Crippen LogP contribution in [0.4, 0.5) is 5.13 Å². The lowest BCUT2D eigenvalue weighted by atomic mass is 10.4. The molecule has 1 heterocycles. The zero-order valence-electron chi connectivity index (χ0n) is 8.46. The van der Waals surface area contributed by atoms with Gasteiger partial charge in [0.1, 0.15) is 0 Å². The number of rotatable bonds is 5. The van der Waals surface area contributed by atoms with Crippen molar-refractivity contribution in [2.45, 2.75) is 19.8 Å². The summed E-state index contributed by atoms with van der Waals surface area (Å²) in [7, 11) is 1.83. The minimum absolute atomic E-state index is 0.0105. The Morgan fingerprint density at radius 2 is 2.43 bits per heavy atom. The van der Waals surface area contributed by atoms with E-state index in [0.717, 1.165) is 6.42 Å². The summed E-state index contributed by atoms with van der Waals surface area (Å²) in [6, 6.07) is 0. The molecule has 0 saturated heterocycles. The van der Waals surface area contributed by atoms with Gasteiger partial charge in [0.25, 0.3) is 0 Å². The summed E-state index contributed by atoms with van der Waals surface area (Å²) in [5.74, 6) is 0.0105. The van der Waals surface area contributed by atoms with Crippen molar-refractivity contribution in [3.05, 3.63) is 11.1 Å². The van der Waals surface area contributed by atoms with Crippen LogP contribution in [0.5, 0.6) is 0 Å². The Morgan fingerprint density at radius 3 is 3.00 bits per heavy atom. The fourth-order valence-electron chi connectivity index (χ4n) is 0.949. The van der Waals surface area contributed by atoms with Gasteiger partial charge in [0.2, 0.25) is 5.91 Å². The van der Waals surface area contributed by atoms with Crippen LogP contribution in [-0.4, -0.2) is 24.5 Å². The van der Waals surface area contributed by atoms with Crippen LogP contribution in [0.1, 0.15) is 18.2 Å². The highest BCUT2D eigenvalue weighted by Crippen LogP contribution is 2.18. The molecule has 0 saturated carbocycles. The monoisotopic (exact) mass is 213 g/mol. The summed E-state index contributed by atoms with van der Waals surface area (Å²) >= 11 is 1.53. The van der Waals surface area contributed by atoms with Gasteiger partial charge in [-0.25, -0.2) is 4.98 Å². The van der Waals surface area contributed by atoms with Gasteiger partial charge in [-0.05, 0) is 13.5 Å². The van der Waals surface area contributed by atoms with Crippen LogP contribution in [0.3, 0.4) is 0 Å². The first kappa shape index (κ1) is 11.1. The van der Waals surface area contributed by atoms with Crippen LogP contribution in [0.15, 0.2) is 6.20 Å². The van der Waals surface area contributed by atoms with Crippen LogP contribution in [0.25, 0.3) is 0 Å². The Bertz CT molecular complexity index is 298. The van der Waals surface area contributed by atoms with Gasteiger partial charge in [-0.1, -0.05) is 6.92 Å². The molecular weight excluding hydrogens is 198 g/mol. The Balaban J connectivity index is 2.39. The van der Waals surface area contributed by atoms with Gasteiger partial charge in [-0.15, -0.1) is 11.3 Å². The Kier molecular flexibility index (Phi) is 4.55. The van der Waals surface area contributed by atoms with E-state index in [1.165, 1.54) is 16.2 Å². The number of nitrogens with one attached hydrogen (secondary N) is 2. The van der Waals surface area contributed by atoms with E-state index in [0.29, 0.717) is 18.1 Å². The number of nitrogens with zero attached hydrogens (tertiary/aromatic N) is 1. The normalized spacial score (nSPS) is 10.1. The minimum atomic E-state index is 0.0105. The first-order valence-corrected chi connectivity index (χ1v) is 5.47. The van der Waals surface area contributed by atoms with Gasteiger partial charge in [0.05, 0.1) is 0 Å². The standard InChI is InChI=1S/C9H15N3OS/c1-3-7-6-11-9(14-7)12-8(13)4-5-10-2/h6,10H,3-5H2,1-2H3,(H,11,12,13). The molecule has 0 aromatic carbocycles. The summed E-state index contributed by atoms with van der Waals surface area (Å²) in [5, 5.41) is 6.38. The molecule has 0 aliphatic rings. The van der Waals surface area contributed by atoms with Crippen LogP contribution >= 0.6 is 11.3 Å². The number of hydrogen-bond acceptors (Lipinski definition) is 4. The third kappa shape index (κ3) is 3.43. The van der Waals surface area contributed by atoms with E-state index in [4.69, 9.17) is 0 Å². The zero-order chi connectivity index (χ0) is 10.4. The lowest BCUT2D eigenvalue weighted by Crippen LogP contribution is -2.18. The average Bonchev–Trinajstić information content (AvgIpc) is 2.62. The molecule has 1 rings (SSSR count). The second-order valence-corrected chi connectivity index (χ2v) is 4.00. The van der Waals surface area contributed by atoms with Crippen molar-refractivity contribution < 1.29 is 4.79 Å². The largest absolute Gasteiger partial charge is 0.319 e. The number of carbonyl (C=O) groups excluding carboxylic acids is 1. The molecule has 0 unspecified atom stereocenters. The molecule has 1 aromatic rings. The summed E-state index contributed by atoms with van der Waals surface area (Å²) in [5.41, 5.74) is 0. The van der Waals surface area contributed by atoms with Crippen LogP contribution in [-0.2, 0) is 11.2 Å². The van der Waals surface area contributed by atoms with E-state index in [2.05, 4.69) is 22.5 Å². The number of anilines is 1. The molecular formula is C9H15N3OS. The maximum Gasteiger partial charge on any atom is 0.227 e. The number of aryl methyl sites for hydroxylation is 1. The molecule has 1 amide bonds. The maximum absolute atomic E-state index is 11.3. The van der Waals surface area contributed by atoms with Crippen LogP contribution < -0.4 is 10.6 Å². The molecule has 2 N–H and O–H groups in total. The van der Waals surface area contributed by atoms with Gasteiger partial charge in [-0.3, -0.25) is 4.79 Å². The molecule has 0 aliphatic heterocycles. The number of amides is 1. The van der Waals surface area contributed by atoms with E-state index in [-0.39, 0.29) is 5.91 Å². The van der Waals surface area contributed by atoms with Gasteiger partial charge in [0, 0.05) is 24.0 Å². The quantitative estimate of drug-likeness (QED) is 0.774. The number of carbonyl (C=O) groups is 1. The Morgan fingerprint density at radius 1 is 1.64 bits per heavy atom. The summed E-state index contributed by atoms with van der Waals surface area (Å²) in [6.45, 7) is 2.76. The lowest BCUT2D eigenvalue weighted by molar-refractivity contribution is -0.116. The fourth-order valence-corrected chi connectivity index (χ4v) is 1.72. The van der Waals surface area contributed by atoms with E-state index >= 15 is 0 Å². The topological polar surface area (TPSA) is 54.0 Å². The van der Waals surface area contributed by atoms with E-state index < -0.39 is 0 Å². The Hall–Kier alpha value is -0.940. The van der Waals surface area contributed by atoms with Crippen molar-refractivity contribution >= 4 is 22.4 Å². The smallest absolute Gasteiger partial charge is 0.227 e. The summed E-state index contributed by atoms with van der Waals surface area (Å²) < 4.78 is 0. The first-order valence-electron chi connectivity index (χ1n) is 4.65. The molecule has 0 spiro atoms. The summed E-state index contributed by atoms with van der Waals surface area (Å²) in [4.78, 5) is 16.6. The summed E-state index contributed by atoms with van der Waals surface area (Å²) in [6.07, 6.45) is 3.25. The molecule has 0 bridgehead atoms. The zero-order valence-corrected chi connectivity index (χ0v) is 9.28. The third-order valence-electron chi connectivity index (χ3n) is 1.75. The second-order valence-electron chi connectivity index (χ2n) is 2.89. The number of aromatic nitrogens is 1. The number of hydrogen-bond donors (Lipinski definition) is 2. The van der Waals surface area contributed by atoms with Gasteiger partial charge in [-0.2, -0.15) is 0 Å². The van der Waals surface area contributed by atoms with Crippen molar-refractivity contribution in [1.29, 1.82) is 0 Å². The maximum atomic E-state index is 11.3. The molecule has 78 valence electrons. The highest BCUT2D eigenvalue weighted by molar-refractivity contribution is 7.15. The number of thiazole rings is 1. The van der Waals surface area contributed by atoms with Crippen molar-refractivity contribution in [2.75, 3.05) is 18.9 Å². The molecule has 0 fully saturated rings. The van der Waals surface area contributed by atoms with Crippen LogP contribution in [0.2, 0.25) is 0 Å². The molecule has 14 heavy (non-hydrogen) atoms. The fraction of sp³-hybridized carbons (Fsp3) is 0.556. The minimum Gasteiger partial charge on any atom is -0.319 e. The van der Waals surface area contributed by atoms with Gasteiger partial charge in [0.15, 0.2) is 5.13 Å².